The molecular weight excluding hydrogens is 214 g/mol. The average Bonchev–Trinajstić information content (AvgIpc) is 2.23. The number of aromatic nitrogens is 1. The van der Waals surface area contributed by atoms with Gasteiger partial charge in [0, 0.05) is 12.6 Å². The van der Waals surface area contributed by atoms with Gasteiger partial charge in [-0.3, -0.25) is 4.98 Å². The highest BCUT2D eigenvalue weighted by atomic mass is 28.3. The Balaban J connectivity index is 2.15. The number of hydrogen-bond donors (Lipinski definition) is 0. The Hall–Kier alpha value is -1.27. The Bertz CT molecular complexity index is 359. The van der Waals surface area contributed by atoms with Gasteiger partial charge in [0.15, 0.2) is 0 Å². The summed E-state index contributed by atoms with van der Waals surface area (Å²) in [5.74, 6) is 4.06. The molecule has 0 bridgehead atoms. The zero-order valence-electron chi connectivity index (χ0n) is 10.3. The van der Waals surface area contributed by atoms with Crippen LogP contribution in [0, 0.1) is 11.5 Å². The van der Waals surface area contributed by atoms with E-state index in [0.29, 0.717) is 6.61 Å². The van der Waals surface area contributed by atoms with Crippen LogP contribution in [0.3, 0.4) is 0 Å². The van der Waals surface area contributed by atoms with Crippen LogP contribution in [0.15, 0.2) is 24.5 Å². The Morgan fingerprint density at radius 3 is 2.81 bits per heavy atom. The maximum atomic E-state index is 5.52. The molecule has 0 spiro atoms. The molecule has 0 atom stereocenters. The Morgan fingerprint density at radius 2 is 2.19 bits per heavy atom. The normalized spacial score (nSPS) is 10.4. The molecule has 0 saturated heterocycles. The first-order valence-electron chi connectivity index (χ1n) is 5.61. The number of rotatable bonds is 4. The topological polar surface area (TPSA) is 22.1 Å². The summed E-state index contributed by atoms with van der Waals surface area (Å²) >= 11 is 0. The predicted octanol–water partition coefficient (Wildman–Crippen LogP) is 3.12. The molecule has 86 valence electrons. The molecule has 0 aliphatic heterocycles. The first-order valence-corrected chi connectivity index (χ1v) is 9.11. The molecule has 2 nitrogen and oxygen atoms in total. The molecular formula is C13H19NOSi. The smallest absolute Gasteiger partial charge is 0.137 e. The lowest BCUT2D eigenvalue weighted by atomic mass is 10.3. The van der Waals surface area contributed by atoms with Gasteiger partial charge in [-0.1, -0.05) is 19.6 Å². The molecule has 1 heterocycles. The minimum Gasteiger partial charge on any atom is -0.492 e. The zero-order chi connectivity index (χ0) is 11.9. The van der Waals surface area contributed by atoms with Gasteiger partial charge in [0.05, 0.1) is 12.8 Å². The van der Waals surface area contributed by atoms with Crippen molar-refractivity contribution in [2.75, 3.05) is 6.61 Å². The molecule has 1 aromatic rings. The van der Waals surface area contributed by atoms with E-state index in [1.165, 1.54) is 0 Å². The summed E-state index contributed by atoms with van der Waals surface area (Å²) in [5, 5.41) is 0. The quantitative estimate of drug-likeness (QED) is 0.453. The standard InChI is InChI=1S/C13H19NOSi/c1-16(2,3)11-6-4-5-10-15-13-8-7-9-14-12-13/h7-9,12H,4-5,10H2,1-3H3. The predicted molar refractivity (Wildman–Crippen MR) is 70.1 cm³/mol. The molecule has 0 aliphatic rings. The molecule has 0 amide bonds. The summed E-state index contributed by atoms with van der Waals surface area (Å²) in [4.78, 5) is 3.98. The van der Waals surface area contributed by atoms with Crippen LogP contribution in [0.1, 0.15) is 12.8 Å². The van der Waals surface area contributed by atoms with Gasteiger partial charge in [-0.2, -0.15) is 0 Å². The monoisotopic (exact) mass is 233 g/mol. The number of pyridine rings is 1. The summed E-state index contributed by atoms with van der Waals surface area (Å²) in [6, 6.07) is 3.79. The zero-order valence-corrected chi connectivity index (χ0v) is 11.3. The minimum atomic E-state index is -1.19. The van der Waals surface area contributed by atoms with Gasteiger partial charge in [0.2, 0.25) is 0 Å². The van der Waals surface area contributed by atoms with Gasteiger partial charge < -0.3 is 4.74 Å². The van der Waals surface area contributed by atoms with Gasteiger partial charge >= 0.3 is 0 Å². The number of hydrogen-bond acceptors (Lipinski definition) is 2. The molecule has 1 aromatic heterocycles. The molecule has 1 rings (SSSR count). The first kappa shape index (κ1) is 12.8. The van der Waals surface area contributed by atoms with E-state index in [9.17, 15) is 0 Å². The average molecular weight is 233 g/mol. The maximum Gasteiger partial charge on any atom is 0.137 e. The van der Waals surface area contributed by atoms with Crippen molar-refractivity contribution in [1.29, 1.82) is 0 Å². The number of unbranched alkanes of at least 4 members (excludes halogenated alkanes) is 1. The highest BCUT2D eigenvalue weighted by Crippen LogP contribution is 2.06. The summed E-state index contributed by atoms with van der Waals surface area (Å²) in [7, 11) is -1.19. The van der Waals surface area contributed by atoms with E-state index in [-0.39, 0.29) is 0 Å². The fourth-order valence-corrected chi connectivity index (χ4v) is 1.77. The molecule has 16 heavy (non-hydrogen) atoms. The minimum absolute atomic E-state index is 0.714. The van der Waals surface area contributed by atoms with Gasteiger partial charge in [0.1, 0.15) is 13.8 Å². The lowest BCUT2D eigenvalue weighted by Crippen LogP contribution is -2.16. The SMILES string of the molecule is C[Si](C)(C)C#CCCCOc1cccnc1. The number of nitrogens with zero attached hydrogens (tertiary/aromatic N) is 1. The fourth-order valence-electron chi connectivity index (χ4n) is 1.11. The van der Waals surface area contributed by atoms with Crippen molar-refractivity contribution in [3.63, 3.8) is 0 Å². The van der Waals surface area contributed by atoms with Gasteiger partial charge in [-0.15, -0.1) is 11.5 Å². The van der Waals surface area contributed by atoms with Crippen molar-refractivity contribution in [3.05, 3.63) is 24.5 Å². The van der Waals surface area contributed by atoms with Crippen molar-refractivity contribution in [3.8, 4) is 17.2 Å². The van der Waals surface area contributed by atoms with Crippen LogP contribution in [0.25, 0.3) is 0 Å². The van der Waals surface area contributed by atoms with Crippen molar-refractivity contribution in [2.45, 2.75) is 32.5 Å². The van der Waals surface area contributed by atoms with E-state index < -0.39 is 8.07 Å². The second kappa shape index (κ2) is 6.34. The van der Waals surface area contributed by atoms with Gasteiger partial charge in [-0.05, 0) is 18.6 Å². The van der Waals surface area contributed by atoms with E-state index in [1.807, 2.05) is 12.1 Å². The second-order valence-electron chi connectivity index (χ2n) is 4.69. The first-order chi connectivity index (χ1) is 7.58. The number of ether oxygens (including phenoxy) is 1. The molecule has 3 heteroatoms. The Labute approximate surface area is 99.1 Å². The van der Waals surface area contributed by atoms with Crippen LogP contribution in [0.5, 0.6) is 5.75 Å². The molecule has 0 aromatic carbocycles. The third-order valence-corrected chi connectivity index (χ3v) is 2.74. The lowest BCUT2D eigenvalue weighted by Gasteiger charge is -2.04. The summed E-state index contributed by atoms with van der Waals surface area (Å²) in [5.41, 5.74) is 3.34. The van der Waals surface area contributed by atoms with Crippen LogP contribution in [-0.2, 0) is 0 Å². The summed E-state index contributed by atoms with van der Waals surface area (Å²) in [6.07, 6.45) is 5.37. The summed E-state index contributed by atoms with van der Waals surface area (Å²) in [6.45, 7) is 7.48. The lowest BCUT2D eigenvalue weighted by molar-refractivity contribution is 0.312. The third kappa shape index (κ3) is 6.26. The highest BCUT2D eigenvalue weighted by Gasteiger charge is 2.06. The van der Waals surface area contributed by atoms with E-state index in [0.717, 1.165) is 18.6 Å². The molecule has 0 aliphatic carbocycles. The molecule has 0 saturated carbocycles. The van der Waals surface area contributed by atoms with Crippen molar-refractivity contribution < 1.29 is 4.74 Å². The van der Waals surface area contributed by atoms with Crippen LogP contribution in [0.2, 0.25) is 19.6 Å². The van der Waals surface area contributed by atoms with Gasteiger partial charge in [-0.25, -0.2) is 0 Å². The Kier molecular flexibility index (Phi) is 5.07. The van der Waals surface area contributed by atoms with E-state index in [1.54, 1.807) is 12.4 Å². The Morgan fingerprint density at radius 1 is 1.38 bits per heavy atom. The second-order valence-corrected chi connectivity index (χ2v) is 9.44. The van der Waals surface area contributed by atoms with Crippen molar-refractivity contribution >= 4 is 8.07 Å². The van der Waals surface area contributed by atoms with Gasteiger partial charge in [0.25, 0.3) is 0 Å². The largest absolute Gasteiger partial charge is 0.492 e. The highest BCUT2D eigenvalue weighted by molar-refractivity contribution is 6.83. The van der Waals surface area contributed by atoms with E-state index in [4.69, 9.17) is 4.74 Å². The van der Waals surface area contributed by atoms with E-state index >= 15 is 0 Å². The molecule has 0 unspecified atom stereocenters. The third-order valence-electron chi connectivity index (χ3n) is 1.81. The van der Waals surface area contributed by atoms with Crippen LogP contribution in [-0.4, -0.2) is 19.7 Å². The van der Waals surface area contributed by atoms with E-state index in [2.05, 4.69) is 36.1 Å². The van der Waals surface area contributed by atoms with Crippen LogP contribution in [0.4, 0.5) is 0 Å². The molecule has 0 fully saturated rings. The maximum absolute atomic E-state index is 5.52. The molecule has 0 radical (unpaired) electrons. The van der Waals surface area contributed by atoms with Crippen molar-refractivity contribution in [2.24, 2.45) is 0 Å². The summed E-state index contributed by atoms with van der Waals surface area (Å²) < 4.78 is 5.52. The molecule has 0 N–H and O–H groups in total. The fraction of sp³-hybridized carbons (Fsp3) is 0.462. The van der Waals surface area contributed by atoms with Crippen LogP contribution >= 0.6 is 0 Å². The van der Waals surface area contributed by atoms with Crippen molar-refractivity contribution in [1.82, 2.24) is 4.98 Å². The van der Waals surface area contributed by atoms with Crippen LogP contribution < -0.4 is 4.74 Å².